The number of hydrogen-bond donors (Lipinski definition) is 5. The van der Waals surface area contributed by atoms with Crippen molar-refractivity contribution in [3.05, 3.63) is 125 Å². The van der Waals surface area contributed by atoms with E-state index in [0.29, 0.717) is 16.7 Å². The van der Waals surface area contributed by atoms with Crippen molar-refractivity contribution in [2.24, 2.45) is 0 Å². The standard InChI is InChI=1S/C37H40N2O10/c1-24(42)32(35(44)38-17-18-40)39-34(43)26-22-30(47-36(45)29-15-9-8-10-25(29)16-20-46-21-19-41)33-31(23-26)48-37(49-33,27-11-4-2-5-12-27)28-13-6-3-7-14-28/h2-16,20,23-24,30-33,40-42H,17-19,21-22H2,1H3,(H,38,44)(H,39,43). The van der Waals surface area contributed by atoms with Gasteiger partial charge in [0.25, 0.3) is 0 Å². The Labute approximate surface area is 284 Å². The molecular formula is C37H40N2O10. The first-order chi connectivity index (χ1) is 23.8. The number of amides is 2. The van der Waals surface area contributed by atoms with Gasteiger partial charge in [0.1, 0.15) is 31.0 Å². The summed E-state index contributed by atoms with van der Waals surface area (Å²) in [6, 6.07) is 24.0. The lowest BCUT2D eigenvalue weighted by atomic mass is 9.91. The maximum atomic E-state index is 13.8. The molecule has 0 bridgehead atoms. The molecule has 258 valence electrons. The summed E-state index contributed by atoms with van der Waals surface area (Å²) in [6.07, 6.45) is 0.462. The quantitative estimate of drug-likeness (QED) is 0.0971. The van der Waals surface area contributed by atoms with Gasteiger partial charge in [0.05, 0.1) is 31.1 Å². The van der Waals surface area contributed by atoms with Crippen molar-refractivity contribution in [1.82, 2.24) is 10.6 Å². The lowest BCUT2D eigenvalue weighted by molar-refractivity contribution is -0.157. The van der Waals surface area contributed by atoms with E-state index in [0.717, 1.165) is 0 Å². The van der Waals surface area contributed by atoms with Crippen LogP contribution in [0.5, 0.6) is 0 Å². The van der Waals surface area contributed by atoms with E-state index >= 15 is 0 Å². The lowest BCUT2D eigenvalue weighted by Gasteiger charge is -2.32. The average Bonchev–Trinajstić information content (AvgIpc) is 3.53. The number of ether oxygens (including phenoxy) is 4. The van der Waals surface area contributed by atoms with Crippen LogP contribution < -0.4 is 10.6 Å². The Bertz CT molecular complexity index is 1600. The number of esters is 1. The van der Waals surface area contributed by atoms with Gasteiger partial charge < -0.3 is 44.9 Å². The molecule has 12 heteroatoms. The Balaban J connectivity index is 1.50. The largest absolute Gasteiger partial charge is 0.499 e. The van der Waals surface area contributed by atoms with Gasteiger partial charge >= 0.3 is 5.97 Å². The van der Waals surface area contributed by atoms with Gasteiger partial charge in [0, 0.05) is 29.7 Å². The van der Waals surface area contributed by atoms with Crippen molar-refractivity contribution in [1.29, 1.82) is 0 Å². The third-order valence-electron chi connectivity index (χ3n) is 8.13. The lowest BCUT2D eigenvalue weighted by Crippen LogP contribution is -2.54. The Morgan fingerprint density at radius 1 is 0.939 bits per heavy atom. The van der Waals surface area contributed by atoms with Gasteiger partial charge in [-0.05, 0) is 30.7 Å². The van der Waals surface area contributed by atoms with Crippen LogP contribution in [0.2, 0.25) is 0 Å². The highest BCUT2D eigenvalue weighted by atomic mass is 16.8. The molecule has 1 heterocycles. The number of benzene rings is 3. The topological polar surface area (TPSA) is 173 Å². The Hall–Kier alpha value is -4.85. The summed E-state index contributed by atoms with van der Waals surface area (Å²) in [5.74, 6) is -3.44. The normalized spacial score (nSPS) is 20.8. The fourth-order valence-electron chi connectivity index (χ4n) is 5.79. The first kappa shape index (κ1) is 35.5. The van der Waals surface area contributed by atoms with Gasteiger partial charge in [-0.3, -0.25) is 9.59 Å². The van der Waals surface area contributed by atoms with E-state index in [-0.39, 0.29) is 43.9 Å². The molecule has 5 rings (SSSR count). The summed E-state index contributed by atoms with van der Waals surface area (Å²) in [5, 5.41) is 33.5. The predicted molar refractivity (Wildman–Crippen MR) is 178 cm³/mol. The van der Waals surface area contributed by atoms with Gasteiger partial charge in [-0.25, -0.2) is 4.79 Å². The third kappa shape index (κ3) is 8.24. The van der Waals surface area contributed by atoms with Crippen LogP contribution in [0.4, 0.5) is 0 Å². The summed E-state index contributed by atoms with van der Waals surface area (Å²) in [7, 11) is 0. The summed E-state index contributed by atoms with van der Waals surface area (Å²) in [4.78, 5) is 40.2. The van der Waals surface area contributed by atoms with Crippen molar-refractivity contribution in [3.63, 3.8) is 0 Å². The van der Waals surface area contributed by atoms with Gasteiger partial charge in [0.2, 0.25) is 17.6 Å². The molecule has 1 fully saturated rings. The number of aliphatic hydroxyl groups is 3. The van der Waals surface area contributed by atoms with Gasteiger partial charge in [-0.1, -0.05) is 78.9 Å². The summed E-state index contributed by atoms with van der Waals surface area (Å²) in [5.41, 5.74) is 2.27. The monoisotopic (exact) mass is 672 g/mol. The Kier molecular flexibility index (Phi) is 11.9. The predicted octanol–water partition coefficient (Wildman–Crippen LogP) is 2.18. The van der Waals surface area contributed by atoms with Crippen molar-refractivity contribution >= 4 is 23.9 Å². The van der Waals surface area contributed by atoms with Crippen LogP contribution in [-0.4, -0.2) is 89.9 Å². The minimum atomic E-state index is -1.41. The zero-order valence-corrected chi connectivity index (χ0v) is 26.9. The molecule has 0 saturated carbocycles. The van der Waals surface area contributed by atoms with Gasteiger partial charge in [-0.15, -0.1) is 0 Å². The average molecular weight is 673 g/mol. The van der Waals surface area contributed by atoms with Crippen molar-refractivity contribution in [3.8, 4) is 0 Å². The molecule has 2 aliphatic rings. The van der Waals surface area contributed by atoms with Crippen molar-refractivity contribution in [2.45, 2.75) is 49.6 Å². The SMILES string of the molecule is CC(O)C(NC(=O)C1=CC2OC(c3ccccc3)(c3ccccc3)OC2C(OC(=O)c2ccccc2C=COCCO)C1)C(=O)NCCO. The number of nitrogens with one attached hydrogen (secondary N) is 2. The molecule has 0 spiro atoms. The molecule has 5 unspecified atom stereocenters. The highest BCUT2D eigenvalue weighted by Crippen LogP contribution is 2.47. The fourth-order valence-corrected chi connectivity index (χ4v) is 5.79. The van der Waals surface area contributed by atoms with E-state index in [2.05, 4.69) is 10.6 Å². The molecule has 1 aliphatic carbocycles. The molecule has 49 heavy (non-hydrogen) atoms. The van der Waals surface area contributed by atoms with Crippen molar-refractivity contribution in [2.75, 3.05) is 26.4 Å². The number of carbonyl (C=O) groups is 3. The van der Waals surface area contributed by atoms with Crippen LogP contribution in [0.1, 0.15) is 40.4 Å². The van der Waals surface area contributed by atoms with Crippen LogP contribution in [0, 0.1) is 0 Å². The van der Waals surface area contributed by atoms with Gasteiger partial charge in [-0.2, -0.15) is 0 Å². The number of rotatable bonds is 14. The molecule has 3 aromatic rings. The molecule has 1 saturated heterocycles. The molecule has 2 amide bonds. The minimum Gasteiger partial charge on any atom is -0.499 e. The molecule has 3 aromatic carbocycles. The summed E-state index contributed by atoms with van der Waals surface area (Å²) in [6.45, 7) is 0.916. The fraction of sp³-hybridized carbons (Fsp3) is 0.324. The first-order valence-electron chi connectivity index (χ1n) is 16.0. The second kappa shape index (κ2) is 16.5. The first-order valence-corrected chi connectivity index (χ1v) is 16.0. The van der Waals surface area contributed by atoms with Gasteiger partial charge in [0.15, 0.2) is 0 Å². The Morgan fingerprint density at radius 2 is 1.59 bits per heavy atom. The van der Waals surface area contributed by atoms with Crippen LogP contribution in [0.3, 0.4) is 0 Å². The zero-order valence-electron chi connectivity index (χ0n) is 26.9. The number of aliphatic hydroxyl groups excluding tert-OH is 3. The smallest absolute Gasteiger partial charge is 0.339 e. The van der Waals surface area contributed by atoms with Crippen LogP contribution in [0.25, 0.3) is 6.08 Å². The number of hydrogen-bond acceptors (Lipinski definition) is 10. The minimum absolute atomic E-state index is 0.0567. The molecule has 5 N–H and O–H groups in total. The van der Waals surface area contributed by atoms with E-state index in [1.807, 2.05) is 60.7 Å². The number of carbonyl (C=O) groups excluding carboxylic acids is 3. The highest BCUT2D eigenvalue weighted by Gasteiger charge is 2.55. The van der Waals surface area contributed by atoms with Crippen molar-refractivity contribution < 1.29 is 48.7 Å². The van der Waals surface area contributed by atoms with Crippen LogP contribution in [-0.2, 0) is 34.3 Å². The second-order valence-corrected chi connectivity index (χ2v) is 11.5. The highest BCUT2D eigenvalue weighted by molar-refractivity contribution is 5.98. The third-order valence-corrected chi connectivity index (χ3v) is 8.13. The van der Waals surface area contributed by atoms with E-state index in [4.69, 9.17) is 29.2 Å². The van der Waals surface area contributed by atoms with Crippen LogP contribution in [0.15, 0.2) is 103 Å². The van der Waals surface area contributed by atoms with E-state index in [9.17, 15) is 19.5 Å². The van der Waals surface area contributed by atoms with E-state index < -0.39 is 54.0 Å². The Morgan fingerprint density at radius 3 is 2.22 bits per heavy atom. The maximum Gasteiger partial charge on any atom is 0.339 e. The summed E-state index contributed by atoms with van der Waals surface area (Å²) >= 11 is 0. The molecule has 1 aliphatic heterocycles. The molecule has 0 aromatic heterocycles. The van der Waals surface area contributed by atoms with Crippen LogP contribution >= 0.6 is 0 Å². The van der Waals surface area contributed by atoms with E-state index in [1.165, 1.54) is 13.2 Å². The number of fused-ring (bicyclic) bond motifs is 1. The molecule has 12 nitrogen and oxygen atoms in total. The molecule has 0 radical (unpaired) electrons. The summed E-state index contributed by atoms with van der Waals surface area (Å²) < 4.78 is 24.8. The maximum absolute atomic E-state index is 13.8. The molecule has 5 atom stereocenters. The van der Waals surface area contributed by atoms with E-state index in [1.54, 1.807) is 36.4 Å². The zero-order chi connectivity index (χ0) is 34.8. The molecular weight excluding hydrogens is 632 g/mol. The second-order valence-electron chi connectivity index (χ2n) is 11.5.